The molecule has 4 heteroatoms. The van der Waals surface area contributed by atoms with Gasteiger partial charge in [-0.15, -0.1) is 0 Å². The molecule has 0 heterocycles. The van der Waals surface area contributed by atoms with E-state index in [1.54, 1.807) is 6.07 Å². The summed E-state index contributed by atoms with van der Waals surface area (Å²) in [7, 11) is 0. The van der Waals surface area contributed by atoms with Gasteiger partial charge in [-0.1, -0.05) is 18.2 Å². The Morgan fingerprint density at radius 1 is 1.29 bits per heavy atom. The largest absolute Gasteiger partial charge is 0.416 e. The molecule has 1 aromatic carbocycles. The zero-order chi connectivity index (χ0) is 12.5. The third-order valence-electron chi connectivity index (χ3n) is 3.43. The Kier molecular flexibility index (Phi) is 3.17. The van der Waals surface area contributed by atoms with Gasteiger partial charge >= 0.3 is 6.18 Å². The van der Waals surface area contributed by atoms with Crippen LogP contribution >= 0.6 is 0 Å². The van der Waals surface area contributed by atoms with E-state index in [0.29, 0.717) is 12.1 Å². The van der Waals surface area contributed by atoms with Crippen LogP contribution in [0, 0.1) is 0 Å². The molecule has 0 spiro atoms. The molecule has 17 heavy (non-hydrogen) atoms. The van der Waals surface area contributed by atoms with E-state index >= 15 is 0 Å². The van der Waals surface area contributed by atoms with Crippen LogP contribution in [-0.2, 0) is 12.7 Å². The molecule has 0 aliphatic heterocycles. The molecule has 0 saturated heterocycles. The smallest absolute Gasteiger partial charge is 0.307 e. The van der Waals surface area contributed by atoms with E-state index in [0.717, 1.165) is 18.9 Å². The molecular formula is C13H16F3N. The SMILES string of the molecule is CC1(NCc2cccc(C(F)(F)F)c2)CCC1. The van der Waals surface area contributed by atoms with Gasteiger partial charge in [-0.05, 0) is 37.8 Å². The maximum atomic E-state index is 12.5. The zero-order valence-electron chi connectivity index (χ0n) is 9.77. The number of hydrogen-bond donors (Lipinski definition) is 1. The number of hydrogen-bond acceptors (Lipinski definition) is 1. The third-order valence-corrected chi connectivity index (χ3v) is 3.43. The van der Waals surface area contributed by atoms with Gasteiger partial charge in [0.2, 0.25) is 0 Å². The van der Waals surface area contributed by atoms with Gasteiger partial charge in [0.05, 0.1) is 5.56 Å². The first-order valence-electron chi connectivity index (χ1n) is 5.80. The first-order chi connectivity index (χ1) is 7.89. The Labute approximate surface area is 99.0 Å². The summed E-state index contributed by atoms with van der Waals surface area (Å²) >= 11 is 0. The lowest BCUT2D eigenvalue weighted by Gasteiger charge is -2.39. The monoisotopic (exact) mass is 243 g/mol. The van der Waals surface area contributed by atoms with Gasteiger partial charge in [-0.25, -0.2) is 0 Å². The molecule has 0 radical (unpaired) electrons. The summed E-state index contributed by atoms with van der Waals surface area (Å²) < 4.78 is 37.5. The molecule has 0 bridgehead atoms. The van der Waals surface area contributed by atoms with Gasteiger partial charge in [0.15, 0.2) is 0 Å². The Morgan fingerprint density at radius 3 is 2.53 bits per heavy atom. The van der Waals surface area contributed by atoms with E-state index < -0.39 is 11.7 Å². The maximum Gasteiger partial charge on any atom is 0.416 e. The molecule has 94 valence electrons. The summed E-state index contributed by atoms with van der Waals surface area (Å²) in [6.45, 7) is 2.62. The molecule has 1 saturated carbocycles. The van der Waals surface area contributed by atoms with Crippen molar-refractivity contribution in [2.24, 2.45) is 0 Å². The Bertz CT molecular complexity index is 394. The normalized spacial score (nSPS) is 18.8. The first-order valence-corrected chi connectivity index (χ1v) is 5.80. The fourth-order valence-corrected chi connectivity index (χ4v) is 2.06. The fourth-order valence-electron chi connectivity index (χ4n) is 2.06. The lowest BCUT2D eigenvalue weighted by molar-refractivity contribution is -0.137. The summed E-state index contributed by atoms with van der Waals surface area (Å²) in [5, 5.41) is 3.32. The lowest BCUT2D eigenvalue weighted by atomic mass is 9.78. The molecule has 0 aromatic heterocycles. The molecule has 1 fully saturated rings. The summed E-state index contributed by atoms with van der Waals surface area (Å²) in [5.41, 5.74) is 0.234. The lowest BCUT2D eigenvalue weighted by Crippen LogP contribution is -2.47. The highest BCUT2D eigenvalue weighted by Crippen LogP contribution is 2.32. The van der Waals surface area contributed by atoms with E-state index in [-0.39, 0.29) is 5.54 Å². The van der Waals surface area contributed by atoms with Crippen LogP contribution in [0.1, 0.15) is 37.3 Å². The van der Waals surface area contributed by atoms with Crippen molar-refractivity contribution in [3.63, 3.8) is 0 Å². The minimum Gasteiger partial charge on any atom is -0.307 e. The van der Waals surface area contributed by atoms with Crippen molar-refractivity contribution in [3.8, 4) is 0 Å². The van der Waals surface area contributed by atoms with E-state index in [2.05, 4.69) is 12.2 Å². The molecule has 1 aromatic rings. The molecule has 1 aliphatic carbocycles. The van der Waals surface area contributed by atoms with Crippen LogP contribution in [0.4, 0.5) is 13.2 Å². The van der Waals surface area contributed by atoms with Gasteiger partial charge in [-0.3, -0.25) is 0 Å². The highest BCUT2D eigenvalue weighted by atomic mass is 19.4. The fraction of sp³-hybridized carbons (Fsp3) is 0.538. The summed E-state index contributed by atoms with van der Waals surface area (Å²) in [6, 6.07) is 5.51. The van der Waals surface area contributed by atoms with Crippen molar-refractivity contribution < 1.29 is 13.2 Å². The summed E-state index contributed by atoms with van der Waals surface area (Å²) in [6.07, 6.45) is -0.847. The quantitative estimate of drug-likeness (QED) is 0.852. The Morgan fingerprint density at radius 2 is 2.00 bits per heavy atom. The van der Waals surface area contributed by atoms with Gasteiger partial charge in [0.1, 0.15) is 0 Å². The van der Waals surface area contributed by atoms with Crippen molar-refractivity contribution in [1.29, 1.82) is 0 Å². The standard InChI is InChI=1S/C13H16F3N/c1-12(6-3-7-12)17-9-10-4-2-5-11(8-10)13(14,15)16/h2,4-5,8,17H,3,6-7,9H2,1H3. The minimum absolute atomic E-state index is 0.119. The van der Waals surface area contributed by atoms with Crippen molar-refractivity contribution >= 4 is 0 Å². The van der Waals surface area contributed by atoms with Gasteiger partial charge in [0.25, 0.3) is 0 Å². The van der Waals surface area contributed by atoms with Gasteiger partial charge in [-0.2, -0.15) is 13.2 Å². The van der Waals surface area contributed by atoms with Crippen molar-refractivity contribution in [2.45, 2.75) is 44.4 Å². The van der Waals surface area contributed by atoms with E-state index in [9.17, 15) is 13.2 Å². The highest BCUT2D eigenvalue weighted by molar-refractivity contribution is 5.25. The van der Waals surface area contributed by atoms with Crippen LogP contribution in [0.3, 0.4) is 0 Å². The molecule has 1 nitrogen and oxygen atoms in total. The average Bonchev–Trinajstić information content (AvgIpc) is 2.23. The third kappa shape index (κ3) is 3.00. The number of benzene rings is 1. The molecule has 1 N–H and O–H groups in total. The van der Waals surface area contributed by atoms with Crippen LogP contribution in [0.2, 0.25) is 0 Å². The predicted molar refractivity (Wildman–Crippen MR) is 60.5 cm³/mol. The van der Waals surface area contributed by atoms with Crippen LogP contribution in [0.15, 0.2) is 24.3 Å². The van der Waals surface area contributed by atoms with Crippen LogP contribution in [0.5, 0.6) is 0 Å². The van der Waals surface area contributed by atoms with E-state index in [1.807, 2.05) is 0 Å². The molecule has 0 amide bonds. The number of rotatable bonds is 3. The first kappa shape index (κ1) is 12.4. The number of halogens is 3. The zero-order valence-corrected chi connectivity index (χ0v) is 9.77. The van der Waals surface area contributed by atoms with Crippen molar-refractivity contribution in [3.05, 3.63) is 35.4 Å². The molecular weight excluding hydrogens is 227 g/mol. The Balaban J connectivity index is 2.01. The van der Waals surface area contributed by atoms with E-state index in [4.69, 9.17) is 0 Å². The average molecular weight is 243 g/mol. The second-order valence-electron chi connectivity index (χ2n) is 4.97. The summed E-state index contributed by atoms with van der Waals surface area (Å²) in [5.74, 6) is 0. The van der Waals surface area contributed by atoms with Crippen molar-refractivity contribution in [1.82, 2.24) is 5.32 Å². The Hall–Kier alpha value is -1.03. The summed E-state index contributed by atoms with van der Waals surface area (Å²) in [4.78, 5) is 0. The second kappa shape index (κ2) is 4.33. The van der Waals surface area contributed by atoms with E-state index in [1.165, 1.54) is 18.6 Å². The van der Waals surface area contributed by atoms with Crippen LogP contribution < -0.4 is 5.32 Å². The van der Waals surface area contributed by atoms with Crippen LogP contribution in [-0.4, -0.2) is 5.54 Å². The molecule has 2 rings (SSSR count). The minimum atomic E-state index is -4.25. The van der Waals surface area contributed by atoms with Crippen molar-refractivity contribution in [2.75, 3.05) is 0 Å². The maximum absolute atomic E-state index is 12.5. The second-order valence-corrected chi connectivity index (χ2v) is 4.97. The number of nitrogens with one attached hydrogen (secondary N) is 1. The van der Waals surface area contributed by atoms with Gasteiger partial charge < -0.3 is 5.32 Å². The van der Waals surface area contributed by atoms with Crippen LogP contribution in [0.25, 0.3) is 0 Å². The molecule has 0 unspecified atom stereocenters. The highest BCUT2D eigenvalue weighted by Gasteiger charge is 2.32. The topological polar surface area (TPSA) is 12.0 Å². The number of alkyl halides is 3. The molecule has 0 atom stereocenters. The predicted octanol–water partition coefficient (Wildman–Crippen LogP) is 3.74. The molecule has 1 aliphatic rings. The van der Waals surface area contributed by atoms with Gasteiger partial charge in [0, 0.05) is 12.1 Å².